The Morgan fingerprint density at radius 1 is 1.52 bits per heavy atom. The molecule has 2 N–H and O–H groups in total. The Morgan fingerprint density at radius 3 is 3.16 bits per heavy atom. The molecule has 1 aromatic rings. The number of aromatic nitrogens is 4. The lowest BCUT2D eigenvalue weighted by Crippen LogP contribution is -2.44. The van der Waals surface area contributed by atoms with Crippen LogP contribution in [0.25, 0.3) is 0 Å². The fourth-order valence-electron chi connectivity index (χ4n) is 2.60. The van der Waals surface area contributed by atoms with E-state index in [1.807, 2.05) is 0 Å². The van der Waals surface area contributed by atoms with Gasteiger partial charge in [-0.05, 0) is 30.2 Å². The van der Waals surface area contributed by atoms with Crippen LogP contribution in [0.5, 0.6) is 0 Å². The van der Waals surface area contributed by atoms with Gasteiger partial charge >= 0.3 is 12.0 Å². The molecule has 136 valence electrons. The maximum absolute atomic E-state index is 12.0. The standard InChI is InChI=1S/C14H20N6O4S/c1-2-23-12(21)10-6-15-13(22)16-11(10)8-25-14-17-18-19-20(14)7-9-4-3-5-24-9/h9H,2-8H2,1H3,(H2,15,16,22)/t9-/m1/s1. The predicted octanol–water partition coefficient (Wildman–Crippen LogP) is 0.0742. The summed E-state index contributed by atoms with van der Waals surface area (Å²) in [5.74, 6) is -0.0856. The Kier molecular flexibility index (Phi) is 5.87. The number of carbonyl (C=O) groups excluding carboxylic acids is 2. The first-order valence-electron chi connectivity index (χ1n) is 8.12. The molecule has 10 nitrogen and oxygen atoms in total. The summed E-state index contributed by atoms with van der Waals surface area (Å²) < 4.78 is 12.3. The van der Waals surface area contributed by atoms with Crippen LogP contribution in [0.15, 0.2) is 16.4 Å². The molecule has 11 heteroatoms. The molecule has 0 bridgehead atoms. The number of amides is 2. The van der Waals surface area contributed by atoms with Crippen molar-refractivity contribution in [3.05, 3.63) is 11.3 Å². The highest BCUT2D eigenvalue weighted by Crippen LogP contribution is 2.21. The van der Waals surface area contributed by atoms with E-state index in [-0.39, 0.29) is 25.3 Å². The largest absolute Gasteiger partial charge is 0.463 e. The molecule has 25 heavy (non-hydrogen) atoms. The zero-order valence-corrected chi connectivity index (χ0v) is 14.7. The number of carbonyl (C=O) groups is 2. The number of ether oxygens (including phenoxy) is 2. The Labute approximate surface area is 148 Å². The molecule has 0 saturated carbocycles. The molecule has 0 unspecified atom stereocenters. The summed E-state index contributed by atoms with van der Waals surface area (Å²) in [4.78, 5) is 23.6. The van der Waals surface area contributed by atoms with E-state index in [1.165, 1.54) is 11.8 Å². The van der Waals surface area contributed by atoms with Crippen molar-refractivity contribution in [1.82, 2.24) is 30.8 Å². The SMILES string of the molecule is CCOC(=O)C1=C(CSc2nnnn2C[C@H]2CCCO2)NC(=O)NC1. The van der Waals surface area contributed by atoms with Gasteiger partial charge in [-0.2, -0.15) is 0 Å². The summed E-state index contributed by atoms with van der Waals surface area (Å²) in [5, 5.41) is 17.6. The first-order valence-corrected chi connectivity index (χ1v) is 9.10. The van der Waals surface area contributed by atoms with Gasteiger partial charge in [0.2, 0.25) is 5.16 Å². The number of hydrogen-bond acceptors (Lipinski definition) is 8. The Balaban J connectivity index is 1.67. The molecular weight excluding hydrogens is 348 g/mol. The van der Waals surface area contributed by atoms with Crippen molar-refractivity contribution in [2.24, 2.45) is 0 Å². The van der Waals surface area contributed by atoms with E-state index in [4.69, 9.17) is 9.47 Å². The third-order valence-corrected chi connectivity index (χ3v) is 4.81. The second kappa shape index (κ2) is 8.30. The quantitative estimate of drug-likeness (QED) is 0.513. The maximum atomic E-state index is 12.0. The van der Waals surface area contributed by atoms with E-state index in [0.717, 1.165) is 19.4 Å². The van der Waals surface area contributed by atoms with Crippen LogP contribution in [0.3, 0.4) is 0 Å². The summed E-state index contributed by atoms with van der Waals surface area (Å²) in [6.45, 7) is 3.51. The molecule has 1 atom stereocenters. The minimum Gasteiger partial charge on any atom is -0.463 e. The number of urea groups is 1. The highest BCUT2D eigenvalue weighted by atomic mass is 32.2. The minimum atomic E-state index is -0.440. The number of esters is 1. The van der Waals surface area contributed by atoms with Crippen molar-refractivity contribution in [2.45, 2.75) is 37.6 Å². The first kappa shape index (κ1) is 17.7. The van der Waals surface area contributed by atoms with Crippen LogP contribution in [0.4, 0.5) is 4.79 Å². The van der Waals surface area contributed by atoms with Gasteiger partial charge in [0.25, 0.3) is 0 Å². The molecule has 2 aliphatic heterocycles. The van der Waals surface area contributed by atoms with Crippen LogP contribution in [0.2, 0.25) is 0 Å². The predicted molar refractivity (Wildman–Crippen MR) is 87.7 cm³/mol. The summed E-state index contributed by atoms with van der Waals surface area (Å²) in [6.07, 6.45) is 2.16. The molecule has 0 radical (unpaired) electrons. The molecule has 0 aromatic carbocycles. The van der Waals surface area contributed by atoms with Crippen molar-refractivity contribution >= 4 is 23.8 Å². The maximum Gasteiger partial charge on any atom is 0.337 e. The van der Waals surface area contributed by atoms with E-state index in [9.17, 15) is 9.59 Å². The molecule has 1 fully saturated rings. The number of rotatable bonds is 7. The summed E-state index contributed by atoms with van der Waals surface area (Å²) in [7, 11) is 0. The van der Waals surface area contributed by atoms with Crippen molar-refractivity contribution in [1.29, 1.82) is 0 Å². The van der Waals surface area contributed by atoms with Gasteiger partial charge in [-0.25, -0.2) is 14.3 Å². The zero-order chi connectivity index (χ0) is 17.6. The Bertz CT molecular complexity index is 670. The lowest BCUT2D eigenvalue weighted by Gasteiger charge is -2.21. The van der Waals surface area contributed by atoms with Gasteiger partial charge in [-0.3, -0.25) is 0 Å². The van der Waals surface area contributed by atoms with Crippen LogP contribution >= 0.6 is 11.8 Å². The van der Waals surface area contributed by atoms with Crippen molar-refractivity contribution in [3.8, 4) is 0 Å². The van der Waals surface area contributed by atoms with E-state index < -0.39 is 5.97 Å². The number of nitrogens with one attached hydrogen (secondary N) is 2. The highest BCUT2D eigenvalue weighted by Gasteiger charge is 2.25. The molecule has 3 rings (SSSR count). The van der Waals surface area contributed by atoms with Crippen LogP contribution in [-0.2, 0) is 20.8 Å². The number of hydrogen-bond donors (Lipinski definition) is 2. The van der Waals surface area contributed by atoms with Gasteiger partial charge < -0.3 is 20.1 Å². The molecule has 2 amide bonds. The third-order valence-electron chi connectivity index (χ3n) is 3.82. The third kappa shape index (κ3) is 4.48. The number of thioether (sulfide) groups is 1. The van der Waals surface area contributed by atoms with E-state index in [0.29, 0.717) is 28.7 Å². The van der Waals surface area contributed by atoms with Crippen LogP contribution in [-0.4, -0.2) is 63.8 Å². The Morgan fingerprint density at radius 2 is 2.40 bits per heavy atom. The molecular formula is C14H20N6O4S. The first-order chi connectivity index (χ1) is 12.2. The average molecular weight is 368 g/mol. The summed E-state index contributed by atoms with van der Waals surface area (Å²) >= 11 is 1.35. The van der Waals surface area contributed by atoms with Crippen molar-refractivity contribution in [2.75, 3.05) is 25.5 Å². The fraction of sp³-hybridized carbons (Fsp3) is 0.643. The second-order valence-corrected chi connectivity index (χ2v) is 6.50. The van der Waals surface area contributed by atoms with Crippen molar-refractivity contribution in [3.63, 3.8) is 0 Å². The molecule has 1 saturated heterocycles. The fourth-order valence-corrected chi connectivity index (χ4v) is 3.48. The van der Waals surface area contributed by atoms with Gasteiger partial charge in [0, 0.05) is 18.1 Å². The van der Waals surface area contributed by atoms with E-state index in [1.54, 1.807) is 11.6 Å². The molecule has 1 aromatic heterocycles. The smallest absolute Gasteiger partial charge is 0.337 e. The average Bonchev–Trinajstić information content (AvgIpc) is 3.25. The number of tetrazole rings is 1. The lowest BCUT2D eigenvalue weighted by atomic mass is 10.2. The number of nitrogens with zero attached hydrogens (tertiary/aromatic N) is 4. The highest BCUT2D eigenvalue weighted by molar-refractivity contribution is 7.99. The molecule has 3 heterocycles. The van der Waals surface area contributed by atoms with Gasteiger partial charge in [-0.15, -0.1) is 5.10 Å². The Hall–Kier alpha value is -2.14. The second-order valence-electron chi connectivity index (χ2n) is 5.55. The van der Waals surface area contributed by atoms with Gasteiger partial charge in [0.1, 0.15) is 0 Å². The molecule has 0 aliphatic carbocycles. The molecule has 2 aliphatic rings. The van der Waals surface area contributed by atoms with E-state index in [2.05, 4.69) is 26.2 Å². The van der Waals surface area contributed by atoms with Crippen LogP contribution < -0.4 is 10.6 Å². The van der Waals surface area contributed by atoms with Crippen LogP contribution in [0, 0.1) is 0 Å². The topological polar surface area (TPSA) is 120 Å². The lowest BCUT2D eigenvalue weighted by molar-refractivity contribution is -0.138. The normalized spacial score (nSPS) is 20.4. The monoisotopic (exact) mass is 368 g/mol. The summed E-state index contributed by atoms with van der Waals surface area (Å²) in [5.41, 5.74) is 0.922. The van der Waals surface area contributed by atoms with Crippen LogP contribution in [0.1, 0.15) is 19.8 Å². The summed E-state index contributed by atoms with van der Waals surface area (Å²) in [6, 6.07) is -0.345. The van der Waals surface area contributed by atoms with E-state index >= 15 is 0 Å². The van der Waals surface area contributed by atoms with Gasteiger partial charge in [0.15, 0.2) is 0 Å². The minimum absolute atomic E-state index is 0.121. The van der Waals surface area contributed by atoms with Crippen molar-refractivity contribution < 1.29 is 19.1 Å². The van der Waals surface area contributed by atoms with Gasteiger partial charge in [-0.1, -0.05) is 11.8 Å². The molecule has 0 spiro atoms. The zero-order valence-electron chi connectivity index (χ0n) is 13.9. The van der Waals surface area contributed by atoms with Gasteiger partial charge in [0.05, 0.1) is 31.4 Å².